The van der Waals surface area contributed by atoms with Crippen molar-refractivity contribution in [1.29, 1.82) is 0 Å². The Bertz CT molecular complexity index is 406. The quantitative estimate of drug-likeness (QED) is 0.649. The second-order valence-electron chi connectivity index (χ2n) is 2.86. The van der Waals surface area contributed by atoms with Crippen molar-refractivity contribution in [2.45, 2.75) is 13.1 Å². The maximum atomic E-state index is 11.3. The van der Waals surface area contributed by atoms with Gasteiger partial charge in [-0.05, 0) is 10.4 Å². The van der Waals surface area contributed by atoms with Gasteiger partial charge in [0, 0.05) is 6.20 Å². The predicted molar refractivity (Wildman–Crippen MR) is 48.3 cm³/mol. The summed E-state index contributed by atoms with van der Waals surface area (Å²) < 4.78 is 1.35. The fourth-order valence-corrected chi connectivity index (χ4v) is 1.03. The molecule has 2 aromatic heterocycles. The van der Waals surface area contributed by atoms with Gasteiger partial charge in [0.05, 0.1) is 18.6 Å². The molecule has 0 fully saturated rings. The van der Waals surface area contributed by atoms with Crippen molar-refractivity contribution < 1.29 is 4.79 Å². The number of imidazole rings is 1. The molecule has 2 N–H and O–H groups in total. The van der Waals surface area contributed by atoms with Crippen LogP contribution in [0.1, 0.15) is 5.69 Å². The van der Waals surface area contributed by atoms with Crippen LogP contribution in [-0.2, 0) is 17.9 Å². The molecule has 0 saturated heterocycles. The SMILES string of the molecule is O=C(Cn1cnnn1)NCc1cnc[nH]1. The van der Waals surface area contributed by atoms with Gasteiger partial charge in [0.2, 0.25) is 5.91 Å². The molecule has 2 aromatic rings. The molecule has 78 valence electrons. The first-order valence-corrected chi connectivity index (χ1v) is 4.29. The molecule has 0 aromatic carbocycles. The molecular weight excluding hydrogens is 198 g/mol. The molecule has 0 bridgehead atoms. The third-order valence-electron chi connectivity index (χ3n) is 1.73. The fraction of sp³-hybridized carbons (Fsp3) is 0.286. The molecule has 2 rings (SSSR count). The van der Waals surface area contributed by atoms with Crippen LogP contribution in [0.2, 0.25) is 0 Å². The highest BCUT2D eigenvalue weighted by atomic mass is 16.2. The molecule has 1 amide bonds. The molecule has 0 saturated carbocycles. The number of carbonyl (C=O) groups is 1. The molecule has 15 heavy (non-hydrogen) atoms. The van der Waals surface area contributed by atoms with Crippen LogP contribution in [0.15, 0.2) is 18.9 Å². The highest BCUT2D eigenvalue weighted by Gasteiger charge is 2.03. The minimum Gasteiger partial charge on any atom is -0.349 e. The first-order valence-electron chi connectivity index (χ1n) is 4.29. The van der Waals surface area contributed by atoms with E-state index in [0.29, 0.717) is 6.54 Å². The Labute approximate surface area is 84.7 Å². The van der Waals surface area contributed by atoms with Gasteiger partial charge < -0.3 is 10.3 Å². The van der Waals surface area contributed by atoms with Crippen molar-refractivity contribution in [2.24, 2.45) is 0 Å². The summed E-state index contributed by atoms with van der Waals surface area (Å²) in [6, 6.07) is 0. The number of carbonyl (C=O) groups excluding carboxylic acids is 1. The van der Waals surface area contributed by atoms with Gasteiger partial charge in [-0.2, -0.15) is 0 Å². The van der Waals surface area contributed by atoms with Gasteiger partial charge in [0.25, 0.3) is 0 Å². The van der Waals surface area contributed by atoms with Gasteiger partial charge in [-0.25, -0.2) is 9.67 Å². The van der Waals surface area contributed by atoms with Crippen molar-refractivity contribution in [3.05, 3.63) is 24.5 Å². The first kappa shape index (κ1) is 9.31. The van der Waals surface area contributed by atoms with Crippen molar-refractivity contribution in [3.8, 4) is 0 Å². The number of hydrogen-bond donors (Lipinski definition) is 2. The van der Waals surface area contributed by atoms with Gasteiger partial charge in [-0.1, -0.05) is 0 Å². The van der Waals surface area contributed by atoms with Crippen molar-refractivity contribution in [1.82, 2.24) is 35.5 Å². The number of tetrazole rings is 1. The number of nitrogens with one attached hydrogen (secondary N) is 2. The standard InChI is InChI=1S/C7H9N7O/c15-7(3-14-5-11-12-13-14)9-2-6-1-8-4-10-6/h1,4-5H,2-3H2,(H,8,10)(H,9,15). The smallest absolute Gasteiger partial charge is 0.242 e. The summed E-state index contributed by atoms with van der Waals surface area (Å²) in [7, 11) is 0. The summed E-state index contributed by atoms with van der Waals surface area (Å²) in [6.45, 7) is 0.530. The van der Waals surface area contributed by atoms with Gasteiger partial charge >= 0.3 is 0 Å². The van der Waals surface area contributed by atoms with Crippen LogP contribution >= 0.6 is 0 Å². The zero-order valence-corrected chi connectivity index (χ0v) is 7.79. The molecule has 0 aliphatic rings. The second kappa shape index (κ2) is 4.31. The van der Waals surface area contributed by atoms with Crippen LogP contribution in [0, 0.1) is 0 Å². The molecule has 0 atom stereocenters. The molecule has 0 spiro atoms. The fourth-order valence-electron chi connectivity index (χ4n) is 1.03. The van der Waals surface area contributed by atoms with Crippen molar-refractivity contribution in [2.75, 3.05) is 0 Å². The van der Waals surface area contributed by atoms with Gasteiger partial charge in [0.1, 0.15) is 12.9 Å². The van der Waals surface area contributed by atoms with E-state index in [-0.39, 0.29) is 12.5 Å². The van der Waals surface area contributed by atoms with E-state index in [0.717, 1.165) is 5.69 Å². The molecule has 2 heterocycles. The largest absolute Gasteiger partial charge is 0.349 e. The van der Waals surface area contributed by atoms with Crippen LogP contribution in [0.3, 0.4) is 0 Å². The Balaban J connectivity index is 1.78. The van der Waals surface area contributed by atoms with Crippen LogP contribution in [-0.4, -0.2) is 36.1 Å². The Morgan fingerprint density at radius 3 is 3.20 bits per heavy atom. The zero-order chi connectivity index (χ0) is 10.5. The molecule has 8 nitrogen and oxygen atoms in total. The minimum absolute atomic E-state index is 0.112. The van der Waals surface area contributed by atoms with E-state index in [1.807, 2.05) is 0 Å². The van der Waals surface area contributed by atoms with Crippen LogP contribution in [0.4, 0.5) is 0 Å². The number of aromatic nitrogens is 6. The molecule has 0 radical (unpaired) electrons. The number of H-pyrrole nitrogens is 1. The molecule has 8 heteroatoms. The van der Waals surface area contributed by atoms with E-state index >= 15 is 0 Å². The van der Waals surface area contributed by atoms with E-state index in [1.54, 1.807) is 12.5 Å². The number of nitrogens with zero attached hydrogens (tertiary/aromatic N) is 5. The number of rotatable bonds is 4. The summed E-state index contributed by atoms with van der Waals surface area (Å²) in [4.78, 5) is 18.1. The van der Waals surface area contributed by atoms with Crippen molar-refractivity contribution in [3.63, 3.8) is 0 Å². The highest BCUT2D eigenvalue weighted by Crippen LogP contribution is 1.89. The van der Waals surface area contributed by atoms with Crippen molar-refractivity contribution >= 4 is 5.91 Å². The summed E-state index contributed by atoms with van der Waals surface area (Å²) in [5, 5.41) is 13.1. The predicted octanol–water partition coefficient (Wildman–Crippen LogP) is -1.29. The Morgan fingerprint density at radius 2 is 2.53 bits per heavy atom. The van der Waals surface area contributed by atoms with Crippen LogP contribution < -0.4 is 5.32 Å². The Morgan fingerprint density at radius 1 is 1.60 bits per heavy atom. The maximum absolute atomic E-state index is 11.3. The van der Waals surface area contributed by atoms with Gasteiger partial charge in [-0.15, -0.1) is 5.10 Å². The molecular formula is C7H9N7O. The number of amides is 1. The lowest BCUT2D eigenvalue weighted by molar-refractivity contribution is -0.122. The molecule has 0 unspecified atom stereocenters. The average molecular weight is 207 g/mol. The van der Waals surface area contributed by atoms with E-state index in [2.05, 4.69) is 30.8 Å². The summed E-state index contributed by atoms with van der Waals surface area (Å²) in [5.74, 6) is -0.156. The summed E-state index contributed by atoms with van der Waals surface area (Å²) in [6.07, 6.45) is 4.59. The van der Waals surface area contributed by atoms with E-state index in [4.69, 9.17) is 0 Å². The topological polar surface area (TPSA) is 101 Å². The summed E-state index contributed by atoms with van der Waals surface area (Å²) in [5.41, 5.74) is 0.847. The van der Waals surface area contributed by atoms with E-state index in [1.165, 1.54) is 11.0 Å². The van der Waals surface area contributed by atoms with E-state index < -0.39 is 0 Å². The minimum atomic E-state index is -0.156. The number of aromatic amines is 1. The van der Waals surface area contributed by atoms with E-state index in [9.17, 15) is 4.79 Å². The lowest BCUT2D eigenvalue weighted by atomic mass is 10.4. The maximum Gasteiger partial charge on any atom is 0.242 e. The van der Waals surface area contributed by atoms with Gasteiger partial charge in [-0.3, -0.25) is 4.79 Å². The molecule has 0 aliphatic carbocycles. The summed E-state index contributed by atoms with van der Waals surface area (Å²) >= 11 is 0. The normalized spacial score (nSPS) is 10.1. The molecule has 0 aliphatic heterocycles. The third-order valence-corrected chi connectivity index (χ3v) is 1.73. The van der Waals surface area contributed by atoms with Crippen LogP contribution in [0.5, 0.6) is 0 Å². The Kier molecular flexibility index (Phi) is 2.68. The number of hydrogen-bond acceptors (Lipinski definition) is 5. The lowest BCUT2D eigenvalue weighted by Crippen LogP contribution is -2.27. The zero-order valence-electron chi connectivity index (χ0n) is 7.79. The average Bonchev–Trinajstić information content (AvgIpc) is 2.86. The Hall–Kier alpha value is -2.25. The lowest BCUT2D eigenvalue weighted by Gasteiger charge is -2.02. The third kappa shape index (κ3) is 2.59. The highest BCUT2D eigenvalue weighted by molar-refractivity contribution is 5.75. The van der Waals surface area contributed by atoms with Crippen LogP contribution in [0.25, 0.3) is 0 Å². The second-order valence-corrected chi connectivity index (χ2v) is 2.86. The first-order chi connectivity index (χ1) is 7.34. The monoisotopic (exact) mass is 207 g/mol. The van der Waals surface area contributed by atoms with Gasteiger partial charge in [0.15, 0.2) is 0 Å².